The molecule has 0 saturated carbocycles. The third-order valence-electron chi connectivity index (χ3n) is 5.96. The summed E-state index contributed by atoms with van der Waals surface area (Å²) in [6.45, 7) is 7.57. The molecule has 32 heavy (non-hydrogen) atoms. The number of carbonyl (C=O) groups is 1. The van der Waals surface area contributed by atoms with Crippen molar-refractivity contribution in [3.8, 4) is 22.4 Å². The highest BCUT2D eigenvalue weighted by Crippen LogP contribution is 2.30. The van der Waals surface area contributed by atoms with Crippen LogP contribution >= 0.6 is 11.6 Å². The minimum absolute atomic E-state index is 0.175. The Morgan fingerprint density at radius 3 is 2.44 bits per heavy atom. The Morgan fingerprint density at radius 1 is 1.00 bits per heavy atom. The lowest BCUT2D eigenvalue weighted by molar-refractivity contribution is -0.130. The third-order valence-corrected chi connectivity index (χ3v) is 6.19. The number of carbonyl (C=O) groups excluding carboxylic acids is 1. The molecule has 0 aliphatic heterocycles. The number of hydrogen-bond acceptors (Lipinski definition) is 2. The average Bonchev–Trinajstić information content (AvgIpc) is 3.17. The molecule has 0 fully saturated rings. The molecule has 4 aromatic rings. The van der Waals surface area contributed by atoms with Crippen molar-refractivity contribution in [3.05, 3.63) is 83.1 Å². The summed E-state index contributed by atoms with van der Waals surface area (Å²) < 4.78 is 2.14. The summed E-state index contributed by atoms with van der Waals surface area (Å²) >= 11 is 6.17. The van der Waals surface area contributed by atoms with E-state index in [1.165, 1.54) is 0 Å². The second kappa shape index (κ2) is 9.58. The van der Waals surface area contributed by atoms with Crippen molar-refractivity contribution in [1.82, 2.24) is 14.3 Å². The van der Waals surface area contributed by atoms with Gasteiger partial charge in [0.1, 0.15) is 5.65 Å². The van der Waals surface area contributed by atoms with Gasteiger partial charge in [-0.25, -0.2) is 4.98 Å². The van der Waals surface area contributed by atoms with Gasteiger partial charge in [-0.15, -0.1) is 0 Å². The summed E-state index contributed by atoms with van der Waals surface area (Å²) in [6, 6.07) is 20.3. The maximum Gasteiger partial charge on any atom is 0.222 e. The molecule has 0 bridgehead atoms. The minimum atomic E-state index is 0.175. The van der Waals surface area contributed by atoms with Gasteiger partial charge in [-0.1, -0.05) is 48.0 Å². The van der Waals surface area contributed by atoms with Gasteiger partial charge in [0.05, 0.1) is 11.4 Å². The van der Waals surface area contributed by atoms with Crippen LogP contribution < -0.4 is 0 Å². The van der Waals surface area contributed by atoms with Crippen molar-refractivity contribution >= 4 is 23.2 Å². The van der Waals surface area contributed by atoms with Gasteiger partial charge in [0.15, 0.2) is 0 Å². The van der Waals surface area contributed by atoms with E-state index in [9.17, 15) is 4.79 Å². The molecule has 0 spiro atoms. The quantitative estimate of drug-likeness (QED) is 0.328. The second-order valence-electron chi connectivity index (χ2n) is 7.94. The molecule has 0 unspecified atom stereocenters. The number of aryl methyl sites for hydroxylation is 2. The molecule has 0 atom stereocenters. The van der Waals surface area contributed by atoms with E-state index >= 15 is 0 Å². The fourth-order valence-electron chi connectivity index (χ4n) is 4.23. The Labute approximate surface area is 194 Å². The molecule has 2 aromatic heterocycles. The topological polar surface area (TPSA) is 37.6 Å². The molecule has 4 nitrogen and oxygen atoms in total. The SMILES string of the molecule is CCN(CC)C(=O)CCc1c(-c2ccccc2)nc2ccc(-c3ccc(Cl)cc3C)cn12. The second-order valence-corrected chi connectivity index (χ2v) is 8.38. The highest BCUT2D eigenvalue weighted by molar-refractivity contribution is 6.30. The molecule has 0 N–H and O–H groups in total. The summed E-state index contributed by atoms with van der Waals surface area (Å²) in [5.74, 6) is 0.175. The lowest BCUT2D eigenvalue weighted by atomic mass is 10.0. The van der Waals surface area contributed by atoms with Gasteiger partial charge >= 0.3 is 0 Å². The molecular formula is C27H28ClN3O. The van der Waals surface area contributed by atoms with Crippen LogP contribution in [0.1, 0.15) is 31.5 Å². The van der Waals surface area contributed by atoms with Crippen molar-refractivity contribution < 1.29 is 4.79 Å². The summed E-state index contributed by atoms with van der Waals surface area (Å²) in [5.41, 5.74) is 7.29. The van der Waals surface area contributed by atoms with Crippen LogP contribution in [0, 0.1) is 6.92 Å². The zero-order valence-electron chi connectivity index (χ0n) is 18.8. The van der Waals surface area contributed by atoms with Crippen molar-refractivity contribution in [2.75, 3.05) is 13.1 Å². The number of aromatic nitrogens is 2. The molecule has 2 heterocycles. The zero-order valence-corrected chi connectivity index (χ0v) is 19.6. The first-order valence-electron chi connectivity index (χ1n) is 11.1. The number of benzene rings is 2. The van der Waals surface area contributed by atoms with Gasteiger partial charge in [0, 0.05) is 36.3 Å². The van der Waals surface area contributed by atoms with E-state index in [0.29, 0.717) is 12.8 Å². The molecule has 0 aliphatic carbocycles. The summed E-state index contributed by atoms with van der Waals surface area (Å²) in [4.78, 5) is 19.6. The Balaban J connectivity index is 1.80. The van der Waals surface area contributed by atoms with E-state index in [2.05, 4.69) is 41.8 Å². The fraction of sp³-hybridized carbons (Fsp3) is 0.259. The van der Waals surface area contributed by atoms with Gasteiger partial charge in [0.2, 0.25) is 5.91 Å². The molecule has 164 valence electrons. The molecule has 0 saturated heterocycles. The standard InChI is InChI=1S/C27H28ClN3O/c1-4-30(5-2)26(32)16-14-24-27(20-9-7-6-8-10-20)29-25-15-11-21(18-31(24)25)23-13-12-22(28)17-19(23)3/h6-13,15,17-18H,4-5,14,16H2,1-3H3. The number of pyridine rings is 1. The first kappa shape index (κ1) is 22.1. The van der Waals surface area contributed by atoms with Crippen molar-refractivity contribution in [3.63, 3.8) is 0 Å². The van der Waals surface area contributed by atoms with E-state index in [-0.39, 0.29) is 5.91 Å². The highest BCUT2D eigenvalue weighted by Gasteiger charge is 2.18. The molecular weight excluding hydrogens is 418 g/mol. The molecule has 0 aliphatic rings. The van der Waals surface area contributed by atoms with Gasteiger partial charge < -0.3 is 9.30 Å². The largest absolute Gasteiger partial charge is 0.343 e. The van der Waals surface area contributed by atoms with Crippen molar-refractivity contribution in [2.45, 2.75) is 33.6 Å². The third kappa shape index (κ3) is 4.42. The Kier molecular flexibility index (Phi) is 6.61. The van der Waals surface area contributed by atoms with Crippen LogP contribution in [-0.4, -0.2) is 33.3 Å². The van der Waals surface area contributed by atoms with Crippen LogP contribution in [0.3, 0.4) is 0 Å². The van der Waals surface area contributed by atoms with Crippen LogP contribution in [0.4, 0.5) is 0 Å². The highest BCUT2D eigenvalue weighted by atomic mass is 35.5. The van der Waals surface area contributed by atoms with E-state index < -0.39 is 0 Å². The Bertz CT molecular complexity index is 1240. The lowest BCUT2D eigenvalue weighted by Crippen LogP contribution is -2.30. The summed E-state index contributed by atoms with van der Waals surface area (Å²) in [6.07, 6.45) is 3.21. The molecule has 2 aromatic carbocycles. The van der Waals surface area contributed by atoms with Gasteiger partial charge in [-0.2, -0.15) is 0 Å². The smallest absolute Gasteiger partial charge is 0.222 e. The van der Waals surface area contributed by atoms with E-state index in [1.54, 1.807) is 0 Å². The van der Waals surface area contributed by atoms with Gasteiger partial charge in [-0.05, 0) is 68.1 Å². The number of halogens is 1. The number of rotatable bonds is 7. The number of hydrogen-bond donors (Lipinski definition) is 0. The maximum absolute atomic E-state index is 12.7. The number of amides is 1. The first-order valence-corrected chi connectivity index (χ1v) is 11.5. The number of nitrogens with zero attached hydrogens (tertiary/aromatic N) is 3. The maximum atomic E-state index is 12.7. The predicted octanol–water partition coefficient (Wildman–Crippen LogP) is 6.43. The van der Waals surface area contributed by atoms with Crippen LogP contribution in [0.2, 0.25) is 5.02 Å². The van der Waals surface area contributed by atoms with Gasteiger partial charge in [-0.3, -0.25) is 4.79 Å². The number of imidazole rings is 1. The van der Waals surface area contributed by atoms with E-state index in [1.807, 2.05) is 55.1 Å². The summed E-state index contributed by atoms with van der Waals surface area (Å²) in [7, 11) is 0. The average molecular weight is 446 g/mol. The molecule has 1 amide bonds. The number of fused-ring (bicyclic) bond motifs is 1. The molecule has 5 heteroatoms. The first-order chi connectivity index (χ1) is 15.5. The van der Waals surface area contributed by atoms with Crippen LogP contribution in [0.5, 0.6) is 0 Å². The minimum Gasteiger partial charge on any atom is -0.343 e. The van der Waals surface area contributed by atoms with Crippen LogP contribution in [0.25, 0.3) is 28.0 Å². The fourth-order valence-corrected chi connectivity index (χ4v) is 4.46. The zero-order chi connectivity index (χ0) is 22.7. The van der Waals surface area contributed by atoms with Crippen molar-refractivity contribution in [1.29, 1.82) is 0 Å². The van der Waals surface area contributed by atoms with Gasteiger partial charge in [0.25, 0.3) is 0 Å². The Hall–Kier alpha value is -3.11. The van der Waals surface area contributed by atoms with Crippen LogP contribution in [-0.2, 0) is 11.2 Å². The summed E-state index contributed by atoms with van der Waals surface area (Å²) in [5, 5.41) is 0.733. The van der Waals surface area contributed by atoms with E-state index in [4.69, 9.17) is 16.6 Å². The monoisotopic (exact) mass is 445 g/mol. The van der Waals surface area contributed by atoms with Crippen LogP contribution in [0.15, 0.2) is 66.9 Å². The molecule has 0 radical (unpaired) electrons. The lowest BCUT2D eigenvalue weighted by Gasteiger charge is -2.18. The van der Waals surface area contributed by atoms with Crippen molar-refractivity contribution in [2.24, 2.45) is 0 Å². The predicted molar refractivity (Wildman–Crippen MR) is 132 cm³/mol. The normalized spacial score (nSPS) is 11.1. The molecule has 4 rings (SSSR count). The Morgan fingerprint density at radius 2 is 1.75 bits per heavy atom. The van der Waals surface area contributed by atoms with E-state index in [0.717, 1.165) is 57.4 Å².